The van der Waals surface area contributed by atoms with Gasteiger partial charge in [0.25, 0.3) is 0 Å². The number of hydrogen-bond acceptors (Lipinski definition) is 2. The molecule has 0 radical (unpaired) electrons. The van der Waals surface area contributed by atoms with Crippen LogP contribution in [-0.4, -0.2) is 24.3 Å². The number of nitrogens with one attached hydrogen (secondary N) is 1. The fourth-order valence-corrected chi connectivity index (χ4v) is 1.64. The Morgan fingerprint density at radius 3 is 2.44 bits per heavy atom. The molecule has 0 aromatic heterocycles. The first kappa shape index (κ1) is 13.5. The average molecular weight is 242 g/mol. The van der Waals surface area contributed by atoms with Crippen LogP contribution in [0.25, 0.3) is 0 Å². The molecule has 1 rings (SSSR count). The molecule has 16 heavy (non-hydrogen) atoms. The van der Waals surface area contributed by atoms with Crippen molar-refractivity contribution < 1.29 is 5.11 Å². The number of rotatable bonds is 6. The summed E-state index contributed by atoms with van der Waals surface area (Å²) in [5.41, 5.74) is 1.28. The van der Waals surface area contributed by atoms with E-state index in [9.17, 15) is 0 Å². The number of hydrogen-bond donors (Lipinski definition) is 2. The second kappa shape index (κ2) is 6.89. The summed E-state index contributed by atoms with van der Waals surface area (Å²) in [5.74, 6) is 0.313. The third-order valence-electron chi connectivity index (χ3n) is 2.58. The predicted octanol–water partition coefficient (Wildman–Crippen LogP) is 2.49. The minimum atomic E-state index is 0.237. The molecular formula is C13H20ClNO. The van der Waals surface area contributed by atoms with Crippen LogP contribution in [0.2, 0.25) is 5.02 Å². The molecule has 0 aliphatic heterocycles. The van der Waals surface area contributed by atoms with E-state index in [1.807, 2.05) is 19.1 Å². The Labute approximate surface area is 103 Å². The fourth-order valence-electron chi connectivity index (χ4n) is 1.51. The monoisotopic (exact) mass is 241 g/mol. The lowest BCUT2D eigenvalue weighted by atomic mass is 10.1. The molecule has 1 aromatic carbocycles. The average Bonchev–Trinajstić information content (AvgIpc) is 2.29. The zero-order chi connectivity index (χ0) is 12.0. The molecule has 2 unspecified atom stereocenters. The van der Waals surface area contributed by atoms with E-state index in [1.165, 1.54) is 5.56 Å². The highest BCUT2D eigenvalue weighted by molar-refractivity contribution is 6.30. The van der Waals surface area contributed by atoms with Crippen molar-refractivity contribution in [2.24, 2.45) is 5.92 Å². The van der Waals surface area contributed by atoms with Crippen molar-refractivity contribution in [3.8, 4) is 0 Å². The number of halogens is 1. The lowest BCUT2D eigenvalue weighted by Crippen LogP contribution is -2.32. The Balaban J connectivity index is 2.33. The third-order valence-corrected chi connectivity index (χ3v) is 2.83. The highest BCUT2D eigenvalue weighted by Crippen LogP contribution is 2.11. The lowest BCUT2D eigenvalue weighted by Gasteiger charge is -2.16. The molecule has 2 atom stereocenters. The summed E-state index contributed by atoms with van der Waals surface area (Å²) in [6.07, 6.45) is 0.981. The summed E-state index contributed by atoms with van der Waals surface area (Å²) in [6.45, 7) is 5.27. The Hall–Kier alpha value is -0.570. The van der Waals surface area contributed by atoms with Crippen LogP contribution >= 0.6 is 11.6 Å². The first-order valence-electron chi connectivity index (χ1n) is 5.70. The summed E-state index contributed by atoms with van der Waals surface area (Å²) < 4.78 is 0. The maximum Gasteiger partial charge on any atom is 0.0468 e. The molecule has 0 bridgehead atoms. The van der Waals surface area contributed by atoms with Gasteiger partial charge >= 0.3 is 0 Å². The maximum atomic E-state index is 8.91. The Morgan fingerprint density at radius 2 is 1.88 bits per heavy atom. The Kier molecular flexibility index (Phi) is 5.81. The van der Waals surface area contributed by atoms with Crippen LogP contribution in [0.1, 0.15) is 19.4 Å². The quantitative estimate of drug-likeness (QED) is 0.802. The summed E-state index contributed by atoms with van der Waals surface area (Å²) in [6, 6.07) is 8.35. The highest BCUT2D eigenvalue weighted by atomic mass is 35.5. The third kappa shape index (κ3) is 4.97. The van der Waals surface area contributed by atoms with Gasteiger partial charge in [0.15, 0.2) is 0 Å². The molecule has 1 aromatic rings. The molecule has 0 saturated carbocycles. The van der Waals surface area contributed by atoms with Gasteiger partial charge in [-0.3, -0.25) is 0 Å². The van der Waals surface area contributed by atoms with Gasteiger partial charge in [0.05, 0.1) is 0 Å². The van der Waals surface area contributed by atoms with Gasteiger partial charge in [-0.2, -0.15) is 0 Å². The largest absolute Gasteiger partial charge is 0.396 e. The van der Waals surface area contributed by atoms with Crippen molar-refractivity contribution in [3.63, 3.8) is 0 Å². The molecule has 2 nitrogen and oxygen atoms in total. The van der Waals surface area contributed by atoms with Gasteiger partial charge in [-0.25, -0.2) is 0 Å². The molecule has 3 heteroatoms. The Morgan fingerprint density at radius 1 is 1.25 bits per heavy atom. The summed E-state index contributed by atoms with van der Waals surface area (Å²) in [7, 11) is 0. The summed E-state index contributed by atoms with van der Waals surface area (Å²) in [5, 5.41) is 13.1. The minimum Gasteiger partial charge on any atom is -0.396 e. The molecule has 0 amide bonds. The van der Waals surface area contributed by atoms with E-state index < -0.39 is 0 Å². The standard InChI is InChI=1S/C13H20ClNO/c1-10(9-16)8-15-11(2)7-12-3-5-13(14)6-4-12/h3-6,10-11,15-16H,7-9H2,1-2H3. The van der Waals surface area contributed by atoms with Crippen molar-refractivity contribution in [1.29, 1.82) is 0 Å². The molecule has 0 aliphatic rings. The van der Waals surface area contributed by atoms with E-state index in [4.69, 9.17) is 16.7 Å². The topological polar surface area (TPSA) is 32.3 Å². The van der Waals surface area contributed by atoms with Gasteiger partial charge in [-0.1, -0.05) is 30.7 Å². The second-order valence-corrected chi connectivity index (χ2v) is 4.86. The first-order valence-corrected chi connectivity index (χ1v) is 6.08. The van der Waals surface area contributed by atoms with Crippen molar-refractivity contribution in [3.05, 3.63) is 34.9 Å². The van der Waals surface area contributed by atoms with Gasteiger partial charge in [-0.15, -0.1) is 0 Å². The molecule has 0 saturated heterocycles. The van der Waals surface area contributed by atoms with Crippen LogP contribution in [0.4, 0.5) is 0 Å². The Bertz CT molecular complexity index is 299. The van der Waals surface area contributed by atoms with Crippen LogP contribution in [0.5, 0.6) is 0 Å². The highest BCUT2D eigenvalue weighted by Gasteiger charge is 2.05. The van der Waals surface area contributed by atoms with E-state index in [0.29, 0.717) is 12.0 Å². The fraction of sp³-hybridized carbons (Fsp3) is 0.538. The second-order valence-electron chi connectivity index (χ2n) is 4.43. The lowest BCUT2D eigenvalue weighted by molar-refractivity contribution is 0.230. The normalized spacial score (nSPS) is 14.8. The van der Waals surface area contributed by atoms with Gasteiger partial charge < -0.3 is 10.4 Å². The van der Waals surface area contributed by atoms with Crippen molar-refractivity contribution in [2.75, 3.05) is 13.2 Å². The van der Waals surface area contributed by atoms with Crippen LogP contribution in [0.3, 0.4) is 0 Å². The summed E-state index contributed by atoms with van der Waals surface area (Å²) in [4.78, 5) is 0. The molecule has 0 aliphatic carbocycles. The number of aliphatic hydroxyl groups is 1. The van der Waals surface area contributed by atoms with E-state index >= 15 is 0 Å². The van der Waals surface area contributed by atoms with Crippen LogP contribution in [-0.2, 0) is 6.42 Å². The first-order chi connectivity index (χ1) is 7.61. The zero-order valence-corrected chi connectivity index (χ0v) is 10.7. The van der Waals surface area contributed by atoms with E-state index in [-0.39, 0.29) is 6.61 Å². The SMILES string of the molecule is CC(CO)CNC(C)Cc1ccc(Cl)cc1. The van der Waals surface area contributed by atoms with Crippen LogP contribution < -0.4 is 5.32 Å². The molecular weight excluding hydrogens is 222 g/mol. The molecule has 0 spiro atoms. The molecule has 90 valence electrons. The number of aliphatic hydroxyl groups excluding tert-OH is 1. The van der Waals surface area contributed by atoms with Gasteiger partial charge in [-0.05, 0) is 37.0 Å². The van der Waals surface area contributed by atoms with Crippen LogP contribution in [0.15, 0.2) is 24.3 Å². The van der Waals surface area contributed by atoms with Crippen molar-refractivity contribution in [2.45, 2.75) is 26.3 Å². The smallest absolute Gasteiger partial charge is 0.0468 e. The van der Waals surface area contributed by atoms with Crippen molar-refractivity contribution in [1.82, 2.24) is 5.32 Å². The van der Waals surface area contributed by atoms with Crippen molar-refractivity contribution >= 4 is 11.6 Å². The predicted molar refractivity (Wildman–Crippen MR) is 68.9 cm³/mol. The molecule has 0 fully saturated rings. The summed E-state index contributed by atoms with van der Waals surface area (Å²) >= 11 is 5.83. The van der Waals surface area contributed by atoms with Gasteiger partial charge in [0.1, 0.15) is 0 Å². The molecule has 2 N–H and O–H groups in total. The maximum absolute atomic E-state index is 8.91. The molecule has 0 heterocycles. The minimum absolute atomic E-state index is 0.237. The van der Waals surface area contributed by atoms with E-state index in [0.717, 1.165) is 18.0 Å². The zero-order valence-electron chi connectivity index (χ0n) is 9.91. The number of benzene rings is 1. The van der Waals surface area contributed by atoms with Crippen LogP contribution in [0, 0.1) is 5.92 Å². The van der Waals surface area contributed by atoms with Gasteiger partial charge in [0.2, 0.25) is 0 Å². The van der Waals surface area contributed by atoms with Gasteiger partial charge in [0, 0.05) is 24.2 Å². The van der Waals surface area contributed by atoms with E-state index in [2.05, 4.69) is 24.4 Å². The van der Waals surface area contributed by atoms with E-state index in [1.54, 1.807) is 0 Å².